The SMILES string of the molecule is CCOc1ccc(C(=O)C(C)CNC)cc1OCC. The van der Waals surface area contributed by atoms with Crippen LogP contribution >= 0.6 is 0 Å². The molecule has 4 nitrogen and oxygen atoms in total. The zero-order valence-electron chi connectivity index (χ0n) is 12.2. The highest BCUT2D eigenvalue weighted by Gasteiger charge is 2.16. The molecule has 0 aliphatic heterocycles. The van der Waals surface area contributed by atoms with Gasteiger partial charge in [-0.2, -0.15) is 0 Å². The topological polar surface area (TPSA) is 47.6 Å². The maximum atomic E-state index is 12.2. The second-order valence-corrected chi connectivity index (χ2v) is 4.35. The Morgan fingerprint density at radius 1 is 1.21 bits per heavy atom. The lowest BCUT2D eigenvalue weighted by atomic mass is 9.99. The third kappa shape index (κ3) is 4.24. The number of hydrogen-bond donors (Lipinski definition) is 1. The predicted molar refractivity (Wildman–Crippen MR) is 76.2 cm³/mol. The molecule has 4 heteroatoms. The average Bonchev–Trinajstić information content (AvgIpc) is 2.40. The van der Waals surface area contributed by atoms with Crippen LogP contribution in [0.1, 0.15) is 31.1 Å². The Kier molecular flexibility index (Phi) is 6.36. The van der Waals surface area contributed by atoms with E-state index in [0.717, 1.165) is 0 Å². The van der Waals surface area contributed by atoms with Crippen LogP contribution in [0.2, 0.25) is 0 Å². The summed E-state index contributed by atoms with van der Waals surface area (Å²) in [6.45, 7) is 7.52. The maximum absolute atomic E-state index is 12.2. The number of Topliss-reactive ketones (excluding diaryl/α,β-unsaturated/α-hetero) is 1. The summed E-state index contributed by atoms with van der Waals surface area (Å²) in [5.74, 6) is 1.37. The molecule has 0 aliphatic carbocycles. The molecule has 0 heterocycles. The van der Waals surface area contributed by atoms with E-state index in [1.54, 1.807) is 18.2 Å². The summed E-state index contributed by atoms with van der Waals surface area (Å²) < 4.78 is 11.0. The van der Waals surface area contributed by atoms with Gasteiger partial charge in [-0.1, -0.05) is 6.92 Å². The number of carbonyl (C=O) groups excluding carboxylic acids is 1. The lowest BCUT2D eigenvalue weighted by molar-refractivity contribution is 0.0929. The highest BCUT2D eigenvalue weighted by Crippen LogP contribution is 2.29. The Labute approximate surface area is 115 Å². The van der Waals surface area contributed by atoms with Crippen molar-refractivity contribution < 1.29 is 14.3 Å². The normalized spacial score (nSPS) is 12.0. The average molecular weight is 265 g/mol. The van der Waals surface area contributed by atoms with E-state index in [-0.39, 0.29) is 11.7 Å². The Hall–Kier alpha value is -1.55. The summed E-state index contributed by atoms with van der Waals surface area (Å²) in [7, 11) is 1.84. The highest BCUT2D eigenvalue weighted by atomic mass is 16.5. The fourth-order valence-corrected chi connectivity index (χ4v) is 1.89. The van der Waals surface area contributed by atoms with Crippen molar-refractivity contribution in [2.75, 3.05) is 26.8 Å². The molecule has 1 rings (SSSR count). The molecule has 0 saturated carbocycles. The molecule has 19 heavy (non-hydrogen) atoms. The molecule has 0 radical (unpaired) electrons. The van der Waals surface area contributed by atoms with Crippen LogP contribution in [0.3, 0.4) is 0 Å². The van der Waals surface area contributed by atoms with Crippen molar-refractivity contribution in [3.8, 4) is 11.5 Å². The first-order chi connectivity index (χ1) is 9.13. The van der Waals surface area contributed by atoms with Gasteiger partial charge < -0.3 is 14.8 Å². The molecule has 0 aliphatic rings. The van der Waals surface area contributed by atoms with Crippen LogP contribution in [-0.2, 0) is 0 Å². The quantitative estimate of drug-likeness (QED) is 0.734. The van der Waals surface area contributed by atoms with Crippen molar-refractivity contribution in [2.45, 2.75) is 20.8 Å². The molecule has 0 aromatic heterocycles. The molecule has 1 N–H and O–H groups in total. The predicted octanol–water partition coefficient (Wildman–Crippen LogP) is 2.52. The number of ether oxygens (including phenoxy) is 2. The van der Waals surface area contributed by atoms with Crippen molar-refractivity contribution in [3.63, 3.8) is 0 Å². The monoisotopic (exact) mass is 265 g/mol. The molecule has 0 amide bonds. The van der Waals surface area contributed by atoms with Crippen LogP contribution in [0.5, 0.6) is 11.5 Å². The number of nitrogens with one attached hydrogen (secondary N) is 1. The van der Waals surface area contributed by atoms with E-state index in [9.17, 15) is 4.79 Å². The zero-order valence-corrected chi connectivity index (χ0v) is 12.2. The van der Waals surface area contributed by atoms with Crippen LogP contribution in [0, 0.1) is 5.92 Å². The fraction of sp³-hybridized carbons (Fsp3) is 0.533. The summed E-state index contributed by atoms with van der Waals surface area (Å²) in [6, 6.07) is 5.36. The van der Waals surface area contributed by atoms with Gasteiger partial charge in [-0.15, -0.1) is 0 Å². The van der Waals surface area contributed by atoms with Crippen molar-refractivity contribution >= 4 is 5.78 Å². The molecule has 0 saturated heterocycles. The van der Waals surface area contributed by atoms with Crippen molar-refractivity contribution in [2.24, 2.45) is 5.92 Å². The van der Waals surface area contributed by atoms with Gasteiger partial charge in [0.25, 0.3) is 0 Å². The molecule has 1 unspecified atom stereocenters. The summed E-state index contributed by atoms with van der Waals surface area (Å²) in [5.41, 5.74) is 0.662. The molecule has 1 aromatic rings. The van der Waals surface area contributed by atoms with Gasteiger partial charge in [0.2, 0.25) is 0 Å². The van der Waals surface area contributed by atoms with Crippen LogP contribution < -0.4 is 14.8 Å². The van der Waals surface area contributed by atoms with Gasteiger partial charge >= 0.3 is 0 Å². The fourth-order valence-electron chi connectivity index (χ4n) is 1.89. The largest absolute Gasteiger partial charge is 0.490 e. The minimum absolute atomic E-state index is 0.0579. The maximum Gasteiger partial charge on any atom is 0.167 e. The Morgan fingerprint density at radius 2 is 1.84 bits per heavy atom. The molecule has 0 fully saturated rings. The van der Waals surface area contributed by atoms with E-state index < -0.39 is 0 Å². The van der Waals surface area contributed by atoms with Crippen molar-refractivity contribution in [3.05, 3.63) is 23.8 Å². The number of hydrogen-bond acceptors (Lipinski definition) is 4. The highest BCUT2D eigenvalue weighted by molar-refractivity contribution is 5.98. The summed E-state index contributed by atoms with van der Waals surface area (Å²) >= 11 is 0. The third-order valence-electron chi connectivity index (χ3n) is 2.79. The van der Waals surface area contributed by atoms with Gasteiger partial charge in [-0.05, 0) is 39.1 Å². The van der Waals surface area contributed by atoms with Gasteiger partial charge in [0.05, 0.1) is 13.2 Å². The zero-order chi connectivity index (χ0) is 14.3. The van der Waals surface area contributed by atoms with E-state index in [2.05, 4.69) is 5.32 Å². The van der Waals surface area contributed by atoms with Gasteiger partial charge in [0.15, 0.2) is 17.3 Å². The first-order valence-corrected chi connectivity index (χ1v) is 6.72. The van der Waals surface area contributed by atoms with Crippen LogP contribution in [0.25, 0.3) is 0 Å². The smallest absolute Gasteiger partial charge is 0.167 e. The minimum atomic E-state index is -0.0579. The first-order valence-electron chi connectivity index (χ1n) is 6.72. The Morgan fingerprint density at radius 3 is 2.42 bits per heavy atom. The number of benzene rings is 1. The van der Waals surface area contributed by atoms with Crippen molar-refractivity contribution in [1.29, 1.82) is 0 Å². The lowest BCUT2D eigenvalue weighted by Crippen LogP contribution is -2.23. The van der Waals surface area contributed by atoms with E-state index in [4.69, 9.17) is 9.47 Å². The Balaban J connectivity index is 2.96. The van der Waals surface area contributed by atoms with Gasteiger partial charge in [0.1, 0.15) is 0 Å². The van der Waals surface area contributed by atoms with E-state index in [1.807, 2.05) is 27.8 Å². The third-order valence-corrected chi connectivity index (χ3v) is 2.79. The van der Waals surface area contributed by atoms with E-state index in [1.165, 1.54) is 0 Å². The molecule has 1 atom stereocenters. The molecule has 1 aromatic carbocycles. The second kappa shape index (κ2) is 7.79. The summed E-state index contributed by atoms with van der Waals surface area (Å²) in [6.07, 6.45) is 0. The minimum Gasteiger partial charge on any atom is -0.490 e. The molecule has 0 bridgehead atoms. The molecular formula is C15H23NO3. The van der Waals surface area contributed by atoms with Crippen LogP contribution in [-0.4, -0.2) is 32.6 Å². The standard InChI is InChI=1S/C15H23NO3/c1-5-18-13-8-7-12(9-14(13)19-6-2)15(17)11(3)10-16-4/h7-9,11,16H,5-6,10H2,1-4H3. The molecule has 106 valence electrons. The van der Waals surface area contributed by atoms with E-state index >= 15 is 0 Å². The summed E-state index contributed by atoms with van der Waals surface area (Å²) in [5, 5.41) is 3.01. The summed E-state index contributed by atoms with van der Waals surface area (Å²) in [4.78, 5) is 12.2. The number of carbonyl (C=O) groups is 1. The Bertz CT molecular complexity index is 418. The van der Waals surface area contributed by atoms with Crippen LogP contribution in [0.4, 0.5) is 0 Å². The van der Waals surface area contributed by atoms with Gasteiger partial charge in [-0.3, -0.25) is 4.79 Å². The van der Waals surface area contributed by atoms with Crippen molar-refractivity contribution in [1.82, 2.24) is 5.32 Å². The van der Waals surface area contributed by atoms with E-state index in [0.29, 0.717) is 36.8 Å². The lowest BCUT2D eigenvalue weighted by Gasteiger charge is -2.14. The van der Waals surface area contributed by atoms with Gasteiger partial charge in [-0.25, -0.2) is 0 Å². The second-order valence-electron chi connectivity index (χ2n) is 4.35. The molecule has 0 spiro atoms. The van der Waals surface area contributed by atoms with Gasteiger partial charge in [0, 0.05) is 18.0 Å². The number of rotatable bonds is 8. The first kappa shape index (κ1) is 15.5. The number of ketones is 1. The van der Waals surface area contributed by atoms with Crippen LogP contribution in [0.15, 0.2) is 18.2 Å². The molecular weight excluding hydrogens is 242 g/mol.